The number of ether oxygens (including phenoxy) is 2. The summed E-state index contributed by atoms with van der Waals surface area (Å²) >= 11 is 0. The number of aliphatic hydroxyl groups excluding tert-OH is 3. The van der Waals surface area contributed by atoms with Gasteiger partial charge in [0.05, 0.1) is 6.61 Å². The zero-order valence-electron chi connectivity index (χ0n) is 7.58. The van der Waals surface area contributed by atoms with E-state index < -0.39 is 37.2 Å². The van der Waals surface area contributed by atoms with Crippen molar-refractivity contribution in [2.75, 3.05) is 6.61 Å². The molecule has 0 aromatic rings. The van der Waals surface area contributed by atoms with Crippen molar-refractivity contribution >= 4 is 5.97 Å². The van der Waals surface area contributed by atoms with Gasteiger partial charge in [-0.05, 0) is 0 Å². The zero-order chi connectivity index (χ0) is 10.0. The molecule has 0 aromatic heterocycles. The summed E-state index contributed by atoms with van der Waals surface area (Å²) in [4.78, 5) is 10.5. The summed E-state index contributed by atoms with van der Waals surface area (Å²) in [6.07, 6.45) is -4.63. The molecule has 0 radical (unpaired) electrons. The summed E-state index contributed by atoms with van der Waals surface area (Å²) in [5.41, 5.74) is 0. The average molecular weight is 210 g/mol. The van der Waals surface area contributed by atoms with Crippen LogP contribution in [-0.4, -0.2) is 58.0 Å². The Morgan fingerprint density at radius 2 is 2.00 bits per heavy atom. The van der Waals surface area contributed by atoms with E-state index in [4.69, 9.17) is 9.84 Å². The zero-order valence-corrected chi connectivity index (χ0v) is 7.58. The standard InChI is InChI=1S/C7H12O6.H2O/c1-3(9)12-7-6(11)5(10)4(2-8)13-7;/h4-8,10-11H,2H2,1H3;1H2/t4-,5-,6-,7?;/m1./s1. The maximum absolute atomic E-state index is 10.5. The van der Waals surface area contributed by atoms with Crippen LogP contribution in [0.15, 0.2) is 0 Å². The van der Waals surface area contributed by atoms with Crippen LogP contribution in [0.2, 0.25) is 0 Å². The molecule has 1 aliphatic heterocycles. The number of hydrogen-bond donors (Lipinski definition) is 3. The van der Waals surface area contributed by atoms with Gasteiger partial charge in [0.15, 0.2) is 0 Å². The molecule has 0 saturated carbocycles. The van der Waals surface area contributed by atoms with Gasteiger partial charge < -0.3 is 30.3 Å². The van der Waals surface area contributed by atoms with Gasteiger partial charge in [-0.3, -0.25) is 4.79 Å². The van der Waals surface area contributed by atoms with E-state index in [1.807, 2.05) is 0 Å². The Morgan fingerprint density at radius 3 is 2.36 bits per heavy atom. The van der Waals surface area contributed by atoms with Crippen molar-refractivity contribution in [2.45, 2.75) is 31.5 Å². The molecule has 7 nitrogen and oxygen atoms in total. The lowest BCUT2D eigenvalue weighted by Crippen LogP contribution is -2.35. The van der Waals surface area contributed by atoms with Gasteiger partial charge in [-0.1, -0.05) is 0 Å². The number of aliphatic hydroxyl groups is 3. The molecule has 5 N–H and O–H groups in total. The molecule has 0 bridgehead atoms. The molecule has 4 atom stereocenters. The van der Waals surface area contributed by atoms with Crippen LogP contribution in [-0.2, 0) is 14.3 Å². The molecule has 1 fully saturated rings. The van der Waals surface area contributed by atoms with Crippen LogP contribution in [0, 0.1) is 0 Å². The Kier molecular flexibility index (Phi) is 4.95. The molecule has 84 valence electrons. The quantitative estimate of drug-likeness (QED) is 0.421. The van der Waals surface area contributed by atoms with Crippen LogP contribution >= 0.6 is 0 Å². The number of hydrogen-bond acceptors (Lipinski definition) is 6. The van der Waals surface area contributed by atoms with Crippen molar-refractivity contribution in [3.8, 4) is 0 Å². The van der Waals surface area contributed by atoms with E-state index in [9.17, 15) is 15.0 Å². The first-order valence-electron chi connectivity index (χ1n) is 3.86. The molecular weight excluding hydrogens is 196 g/mol. The topological polar surface area (TPSA) is 128 Å². The normalized spacial score (nSPS) is 36.3. The second-order valence-electron chi connectivity index (χ2n) is 2.82. The summed E-state index contributed by atoms with van der Waals surface area (Å²) in [7, 11) is 0. The maximum Gasteiger partial charge on any atom is 0.305 e. The Bertz CT molecular complexity index is 194. The minimum Gasteiger partial charge on any atom is -0.433 e. The van der Waals surface area contributed by atoms with Crippen molar-refractivity contribution in [3.63, 3.8) is 0 Å². The van der Waals surface area contributed by atoms with Crippen molar-refractivity contribution < 1.29 is 35.1 Å². The first-order valence-corrected chi connectivity index (χ1v) is 3.86. The van der Waals surface area contributed by atoms with Gasteiger partial charge in [-0.25, -0.2) is 0 Å². The highest BCUT2D eigenvalue weighted by atomic mass is 16.7. The predicted molar refractivity (Wildman–Crippen MR) is 43.1 cm³/mol. The predicted octanol–water partition coefficient (Wildman–Crippen LogP) is -2.84. The molecule has 1 unspecified atom stereocenters. The Morgan fingerprint density at radius 1 is 1.43 bits per heavy atom. The molecule has 7 heteroatoms. The SMILES string of the molecule is CC(=O)OC1O[C@H](CO)[C@@H](O)[C@H]1O.O. The molecule has 0 aliphatic carbocycles. The molecule has 1 aliphatic rings. The molecular formula is C7H14O7. The van der Waals surface area contributed by atoms with Crippen LogP contribution in [0.4, 0.5) is 0 Å². The number of esters is 1. The first kappa shape index (κ1) is 13.3. The summed E-state index contributed by atoms with van der Waals surface area (Å²) in [6, 6.07) is 0. The highest BCUT2D eigenvalue weighted by Gasteiger charge is 2.44. The molecule has 1 rings (SSSR count). The fraction of sp³-hybridized carbons (Fsp3) is 0.857. The lowest BCUT2D eigenvalue weighted by atomic mass is 10.1. The van der Waals surface area contributed by atoms with E-state index in [0.29, 0.717) is 0 Å². The van der Waals surface area contributed by atoms with Gasteiger partial charge in [-0.2, -0.15) is 0 Å². The lowest BCUT2D eigenvalue weighted by molar-refractivity contribution is -0.187. The van der Waals surface area contributed by atoms with E-state index >= 15 is 0 Å². The van der Waals surface area contributed by atoms with Crippen molar-refractivity contribution in [1.82, 2.24) is 0 Å². The fourth-order valence-corrected chi connectivity index (χ4v) is 1.13. The Balaban J connectivity index is 0.00000169. The van der Waals surface area contributed by atoms with E-state index in [1.54, 1.807) is 0 Å². The molecule has 1 saturated heterocycles. The molecule has 1 heterocycles. The van der Waals surface area contributed by atoms with Gasteiger partial charge in [0.2, 0.25) is 6.29 Å². The van der Waals surface area contributed by atoms with E-state index in [0.717, 1.165) is 6.92 Å². The maximum atomic E-state index is 10.5. The molecule has 0 spiro atoms. The minimum atomic E-state index is -1.30. The summed E-state index contributed by atoms with van der Waals surface area (Å²) in [5, 5.41) is 27.1. The summed E-state index contributed by atoms with van der Waals surface area (Å²) in [5.74, 6) is -0.616. The second kappa shape index (κ2) is 5.23. The summed E-state index contributed by atoms with van der Waals surface area (Å²) in [6.45, 7) is 0.727. The molecule has 14 heavy (non-hydrogen) atoms. The number of rotatable bonds is 2. The van der Waals surface area contributed by atoms with Gasteiger partial charge >= 0.3 is 5.97 Å². The van der Waals surface area contributed by atoms with Crippen LogP contribution in [0.3, 0.4) is 0 Å². The highest BCUT2D eigenvalue weighted by molar-refractivity contribution is 5.66. The van der Waals surface area contributed by atoms with Gasteiger partial charge in [0.25, 0.3) is 0 Å². The van der Waals surface area contributed by atoms with Gasteiger partial charge in [0.1, 0.15) is 18.3 Å². The van der Waals surface area contributed by atoms with Crippen LogP contribution in [0.25, 0.3) is 0 Å². The van der Waals surface area contributed by atoms with E-state index in [2.05, 4.69) is 4.74 Å². The third kappa shape index (κ3) is 2.63. The lowest BCUT2D eigenvalue weighted by Gasteiger charge is -2.13. The average Bonchev–Trinajstić information content (AvgIpc) is 2.32. The van der Waals surface area contributed by atoms with E-state index in [-0.39, 0.29) is 5.48 Å². The second-order valence-corrected chi connectivity index (χ2v) is 2.82. The monoisotopic (exact) mass is 210 g/mol. The molecule has 0 aromatic carbocycles. The van der Waals surface area contributed by atoms with Gasteiger partial charge in [0, 0.05) is 6.92 Å². The van der Waals surface area contributed by atoms with Crippen molar-refractivity contribution in [1.29, 1.82) is 0 Å². The Hall–Kier alpha value is -0.730. The van der Waals surface area contributed by atoms with Crippen LogP contribution in [0.5, 0.6) is 0 Å². The smallest absolute Gasteiger partial charge is 0.305 e. The third-order valence-electron chi connectivity index (χ3n) is 1.78. The van der Waals surface area contributed by atoms with Crippen molar-refractivity contribution in [2.24, 2.45) is 0 Å². The fourth-order valence-electron chi connectivity index (χ4n) is 1.13. The van der Waals surface area contributed by atoms with Crippen LogP contribution < -0.4 is 0 Å². The Labute approximate surface area is 80.2 Å². The largest absolute Gasteiger partial charge is 0.433 e. The number of carbonyl (C=O) groups excluding carboxylic acids is 1. The minimum absolute atomic E-state index is 0. The van der Waals surface area contributed by atoms with Crippen molar-refractivity contribution in [3.05, 3.63) is 0 Å². The first-order chi connectivity index (χ1) is 6.06. The van der Waals surface area contributed by atoms with Crippen LogP contribution in [0.1, 0.15) is 6.92 Å². The number of carbonyl (C=O) groups is 1. The van der Waals surface area contributed by atoms with Gasteiger partial charge in [-0.15, -0.1) is 0 Å². The molecule has 0 amide bonds. The van der Waals surface area contributed by atoms with E-state index in [1.165, 1.54) is 0 Å². The summed E-state index contributed by atoms with van der Waals surface area (Å²) < 4.78 is 9.40. The highest BCUT2D eigenvalue weighted by Crippen LogP contribution is 2.21. The third-order valence-corrected chi connectivity index (χ3v) is 1.78.